The van der Waals surface area contributed by atoms with Crippen LogP contribution in [-0.2, 0) is 11.2 Å². The normalized spacial score (nSPS) is 18.2. The Labute approximate surface area is 193 Å². The van der Waals surface area contributed by atoms with Gasteiger partial charge in [-0.3, -0.25) is 4.79 Å². The molecule has 1 aliphatic rings. The molecule has 0 radical (unpaired) electrons. The van der Waals surface area contributed by atoms with Crippen LogP contribution in [0.3, 0.4) is 0 Å². The fourth-order valence-electron chi connectivity index (χ4n) is 4.40. The van der Waals surface area contributed by atoms with E-state index in [1.165, 1.54) is 42.6 Å². The summed E-state index contributed by atoms with van der Waals surface area (Å²) >= 11 is 1.53. The van der Waals surface area contributed by atoms with E-state index in [4.69, 9.17) is 9.47 Å². The van der Waals surface area contributed by atoms with Gasteiger partial charge in [0.25, 0.3) is 0 Å². The van der Waals surface area contributed by atoms with E-state index in [9.17, 15) is 4.79 Å². The number of rotatable bonds is 8. The smallest absolute Gasteiger partial charge is 0.226 e. The molecule has 1 aromatic heterocycles. The topological polar surface area (TPSA) is 60.5 Å². The highest BCUT2D eigenvalue weighted by molar-refractivity contribution is 7.13. The second kappa shape index (κ2) is 10.6. The molecule has 5 nitrogen and oxygen atoms in total. The number of hydrogen-bond acceptors (Lipinski definition) is 5. The van der Waals surface area contributed by atoms with Gasteiger partial charge in [-0.15, -0.1) is 11.3 Å². The van der Waals surface area contributed by atoms with Crippen molar-refractivity contribution in [2.24, 2.45) is 5.92 Å². The second-order valence-electron chi connectivity index (χ2n) is 8.32. The SMILES string of the molecule is COc1ccc(-c2nc(CC(=O)NCC3CCC(c4ccccc4)CC3)cs2)cc1OC. The van der Waals surface area contributed by atoms with Gasteiger partial charge in [0.15, 0.2) is 11.5 Å². The summed E-state index contributed by atoms with van der Waals surface area (Å²) in [6, 6.07) is 16.5. The van der Waals surface area contributed by atoms with Gasteiger partial charge in [0.1, 0.15) is 5.01 Å². The molecule has 0 spiro atoms. The van der Waals surface area contributed by atoms with Crippen LogP contribution in [0, 0.1) is 5.92 Å². The second-order valence-corrected chi connectivity index (χ2v) is 9.18. The molecule has 0 unspecified atom stereocenters. The molecule has 1 amide bonds. The van der Waals surface area contributed by atoms with E-state index in [0.29, 0.717) is 29.8 Å². The number of aromatic nitrogens is 1. The molecule has 0 bridgehead atoms. The average molecular weight is 451 g/mol. The minimum absolute atomic E-state index is 0.0411. The average Bonchev–Trinajstić information content (AvgIpc) is 3.31. The van der Waals surface area contributed by atoms with Crippen molar-refractivity contribution in [1.29, 1.82) is 0 Å². The molecule has 1 fully saturated rings. The Bertz CT molecular complexity index is 1030. The van der Waals surface area contributed by atoms with Crippen LogP contribution < -0.4 is 14.8 Å². The van der Waals surface area contributed by atoms with Crippen molar-refractivity contribution in [3.05, 3.63) is 65.2 Å². The molecule has 1 N–H and O–H groups in total. The molecular formula is C26H30N2O3S. The van der Waals surface area contributed by atoms with Crippen molar-refractivity contribution in [1.82, 2.24) is 10.3 Å². The Balaban J connectivity index is 1.25. The number of ether oxygens (including phenoxy) is 2. The third-order valence-electron chi connectivity index (χ3n) is 6.23. The molecule has 3 aromatic rings. The van der Waals surface area contributed by atoms with E-state index in [0.717, 1.165) is 22.8 Å². The molecule has 1 saturated carbocycles. The van der Waals surface area contributed by atoms with E-state index in [2.05, 4.69) is 40.6 Å². The summed E-state index contributed by atoms with van der Waals surface area (Å²) in [6.07, 6.45) is 5.04. The predicted octanol–water partition coefficient (Wildman–Crippen LogP) is 5.46. The zero-order valence-electron chi connectivity index (χ0n) is 18.7. The van der Waals surface area contributed by atoms with Crippen molar-refractivity contribution in [2.45, 2.75) is 38.0 Å². The van der Waals surface area contributed by atoms with Gasteiger partial charge in [0, 0.05) is 17.5 Å². The van der Waals surface area contributed by atoms with Crippen molar-refractivity contribution in [3.63, 3.8) is 0 Å². The van der Waals surface area contributed by atoms with Crippen molar-refractivity contribution in [3.8, 4) is 22.1 Å². The first-order valence-corrected chi connectivity index (χ1v) is 12.0. The summed E-state index contributed by atoms with van der Waals surface area (Å²) in [5.74, 6) is 2.62. The first-order valence-electron chi connectivity index (χ1n) is 11.1. The molecule has 0 saturated heterocycles. The van der Waals surface area contributed by atoms with Crippen LogP contribution in [0.25, 0.3) is 10.6 Å². The number of carbonyl (C=O) groups excluding carboxylic acids is 1. The summed E-state index contributed by atoms with van der Waals surface area (Å²) in [4.78, 5) is 17.1. The number of hydrogen-bond donors (Lipinski definition) is 1. The van der Waals surface area contributed by atoms with Crippen LogP contribution in [0.5, 0.6) is 11.5 Å². The lowest BCUT2D eigenvalue weighted by Crippen LogP contribution is -2.32. The van der Waals surface area contributed by atoms with Crippen molar-refractivity contribution < 1.29 is 14.3 Å². The molecule has 2 aromatic carbocycles. The number of methoxy groups -OCH3 is 2. The fourth-order valence-corrected chi connectivity index (χ4v) is 5.22. The minimum atomic E-state index is 0.0411. The Hall–Kier alpha value is -2.86. The monoisotopic (exact) mass is 450 g/mol. The van der Waals surface area contributed by atoms with Gasteiger partial charge in [0.05, 0.1) is 26.3 Å². The first-order chi connectivity index (χ1) is 15.7. The standard InChI is InChI=1S/C26H30N2O3S/c1-30-23-13-12-21(14-24(23)31-2)26-28-22(17-32-26)15-25(29)27-16-18-8-10-20(11-9-18)19-6-4-3-5-7-19/h3-7,12-14,17-18,20H,8-11,15-16H2,1-2H3,(H,27,29). The van der Waals surface area contributed by atoms with Crippen molar-refractivity contribution >= 4 is 17.2 Å². The van der Waals surface area contributed by atoms with Gasteiger partial charge in [-0.05, 0) is 61.3 Å². The van der Waals surface area contributed by atoms with Crippen LogP contribution in [0.2, 0.25) is 0 Å². The zero-order valence-corrected chi connectivity index (χ0v) is 19.5. The highest BCUT2D eigenvalue weighted by Crippen LogP contribution is 2.36. The molecule has 1 aliphatic carbocycles. The van der Waals surface area contributed by atoms with Crippen LogP contribution in [0.1, 0.15) is 42.9 Å². The van der Waals surface area contributed by atoms with E-state index < -0.39 is 0 Å². The van der Waals surface area contributed by atoms with E-state index in [-0.39, 0.29) is 5.91 Å². The van der Waals surface area contributed by atoms with Gasteiger partial charge < -0.3 is 14.8 Å². The lowest BCUT2D eigenvalue weighted by atomic mass is 9.79. The van der Waals surface area contributed by atoms with E-state index >= 15 is 0 Å². The Morgan fingerprint density at radius 2 is 1.78 bits per heavy atom. The molecular weight excluding hydrogens is 420 g/mol. The maximum absolute atomic E-state index is 12.5. The van der Waals surface area contributed by atoms with Crippen molar-refractivity contribution in [2.75, 3.05) is 20.8 Å². The molecule has 0 atom stereocenters. The number of amides is 1. The third-order valence-corrected chi connectivity index (χ3v) is 7.17. The zero-order chi connectivity index (χ0) is 22.3. The molecule has 168 valence electrons. The summed E-state index contributed by atoms with van der Waals surface area (Å²) in [6.45, 7) is 0.757. The Kier molecular flexibility index (Phi) is 7.43. The lowest BCUT2D eigenvalue weighted by Gasteiger charge is -2.28. The Morgan fingerprint density at radius 3 is 2.50 bits per heavy atom. The van der Waals surface area contributed by atoms with Gasteiger partial charge in [-0.25, -0.2) is 4.98 Å². The van der Waals surface area contributed by atoms with E-state index in [1.54, 1.807) is 14.2 Å². The number of nitrogens with one attached hydrogen (secondary N) is 1. The minimum Gasteiger partial charge on any atom is -0.493 e. The predicted molar refractivity (Wildman–Crippen MR) is 129 cm³/mol. The van der Waals surface area contributed by atoms with Crippen LogP contribution in [0.15, 0.2) is 53.9 Å². The third kappa shape index (κ3) is 5.49. The number of thiazole rings is 1. The molecule has 4 rings (SSSR count). The highest BCUT2D eigenvalue weighted by atomic mass is 32.1. The molecule has 1 heterocycles. The van der Waals surface area contributed by atoms with Crippen LogP contribution in [-0.4, -0.2) is 31.7 Å². The van der Waals surface area contributed by atoms with Gasteiger partial charge in [-0.1, -0.05) is 30.3 Å². The number of benzene rings is 2. The maximum atomic E-state index is 12.5. The summed E-state index contributed by atoms with van der Waals surface area (Å²) in [7, 11) is 3.24. The molecule has 6 heteroatoms. The highest BCUT2D eigenvalue weighted by Gasteiger charge is 2.22. The first kappa shape index (κ1) is 22.3. The van der Waals surface area contributed by atoms with Gasteiger partial charge >= 0.3 is 0 Å². The quantitative estimate of drug-likeness (QED) is 0.495. The van der Waals surface area contributed by atoms with Crippen LogP contribution >= 0.6 is 11.3 Å². The summed E-state index contributed by atoms with van der Waals surface area (Å²) in [5, 5.41) is 5.95. The van der Waals surface area contributed by atoms with Crippen LogP contribution in [0.4, 0.5) is 0 Å². The fraction of sp³-hybridized carbons (Fsp3) is 0.385. The number of carbonyl (C=O) groups is 1. The molecule has 0 aliphatic heterocycles. The molecule has 32 heavy (non-hydrogen) atoms. The largest absolute Gasteiger partial charge is 0.493 e. The summed E-state index contributed by atoms with van der Waals surface area (Å²) in [5.41, 5.74) is 3.20. The Morgan fingerprint density at radius 1 is 1.03 bits per heavy atom. The lowest BCUT2D eigenvalue weighted by molar-refractivity contribution is -0.120. The maximum Gasteiger partial charge on any atom is 0.226 e. The summed E-state index contributed by atoms with van der Waals surface area (Å²) < 4.78 is 10.7. The van der Waals surface area contributed by atoms with Gasteiger partial charge in [-0.2, -0.15) is 0 Å². The van der Waals surface area contributed by atoms with E-state index in [1.807, 2.05) is 23.6 Å². The number of nitrogens with zero attached hydrogens (tertiary/aromatic N) is 1. The van der Waals surface area contributed by atoms with Gasteiger partial charge in [0.2, 0.25) is 5.91 Å².